The van der Waals surface area contributed by atoms with Crippen molar-refractivity contribution in [1.82, 2.24) is 14.8 Å². The Morgan fingerprint density at radius 2 is 2.11 bits per heavy atom. The van der Waals surface area contributed by atoms with Gasteiger partial charge in [0, 0.05) is 25.2 Å². The van der Waals surface area contributed by atoms with Crippen molar-refractivity contribution in [2.24, 2.45) is 5.92 Å². The molecule has 0 spiro atoms. The first kappa shape index (κ1) is 20.3. The second-order valence-corrected chi connectivity index (χ2v) is 8.76. The van der Waals surface area contributed by atoms with Crippen LogP contribution in [0.3, 0.4) is 0 Å². The number of rotatable bonds is 6. The van der Waals surface area contributed by atoms with Crippen molar-refractivity contribution in [3.05, 3.63) is 41.3 Å². The Kier molecular flexibility index (Phi) is 6.04. The van der Waals surface area contributed by atoms with Gasteiger partial charge in [0.25, 0.3) is 0 Å². The number of aryl methyl sites for hydroxylation is 2. The minimum atomic E-state index is -3.75. The highest BCUT2D eigenvalue weighted by atomic mass is 32.2. The summed E-state index contributed by atoms with van der Waals surface area (Å²) in [4.78, 5) is 12.8. The summed E-state index contributed by atoms with van der Waals surface area (Å²) in [6.45, 7) is 4.03. The van der Waals surface area contributed by atoms with E-state index in [9.17, 15) is 13.2 Å². The monoisotopic (exact) mass is 407 g/mol. The molecule has 28 heavy (non-hydrogen) atoms. The number of piperidine rings is 1. The lowest BCUT2D eigenvalue weighted by molar-refractivity contribution is -0.126. The van der Waals surface area contributed by atoms with Gasteiger partial charge in [-0.25, -0.2) is 8.42 Å². The topological polar surface area (TPSA) is 102 Å². The molecule has 1 N–H and O–H groups in total. The van der Waals surface area contributed by atoms with Gasteiger partial charge < -0.3 is 14.6 Å². The summed E-state index contributed by atoms with van der Waals surface area (Å²) in [6, 6.07) is 7.46. The van der Waals surface area contributed by atoms with E-state index in [1.165, 1.54) is 4.31 Å². The lowest BCUT2D eigenvalue weighted by Gasteiger charge is -2.31. The first-order valence-electron chi connectivity index (χ1n) is 9.17. The molecule has 152 valence electrons. The van der Waals surface area contributed by atoms with Crippen molar-refractivity contribution in [3.8, 4) is 5.75 Å². The molecule has 9 heteroatoms. The molecule has 1 aromatic carbocycles. The van der Waals surface area contributed by atoms with Crippen LogP contribution in [0.1, 0.15) is 29.9 Å². The maximum atomic E-state index is 13.0. The van der Waals surface area contributed by atoms with Crippen LogP contribution >= 0.6 is 0 Å². The lowest BCUT2D eigenvalue weighted by Crippen LogP contribution is -2.45. The lowest BCUT2D eigenvalue weighted by atomic mass is 9.98. The van der Waals surface area contributed by atoms with E-state index in [1.54, 1.807) is 21.0 Å². The van der Waals surface area contributed by atoms with Crippen molar-refractivity contribution in [2.45, 2.75) is 38.1 Å². The van der Waals surface area contributed by atoms with Gasteiger partial charge in [0.2, 0.25) is 15.9 Å². The van der Waals surface area contributed by atoms with E-state index in [0.717, 1.165) is 5.56 Å². The number of carbonyl (C=O) groups is 1. The van der Waals surface area contributed by atoms with Gasteiger partial charge >= 0.3 is 0 Å². The predicted molar refractivity (Wildman–Crippen MR) is 102 cm³/mol. The van der Waals surface area contributed by atoms with E-state index in [1.807, 2.05) is 24.3 Å². The molecule has 1 saturated heterocycles. The quantitative estimate of drug-likeness (QED) is 0.786. The number of hydrogen-bond acceptors (Lipinski definition) is 6. The van der Waals surface area contributed by atoms with E-state index in [2.05, 4.69) is 10.5 Å². The van der Waals surface area contributed by atoms with Crippen LogP contribution in [0.15, 0.2) is 33.7 Å². The van der Waals surface area contributed by atoms with Crippen LogP contribution < -0.4 is 10.1 Å². The first-order chi connectivity index (χ1) is 13.3. The molecular weight excluding hydrogens is 382 g/mol. The third-order valence-electron chi connectivity index (χ3n) is 4.97. The second-order valence-electron chi connectivity index (χ2n) is 6.89. The molecule has 1 aliphatic rings. The van der Waals surface area contributed by atoms with Crippen LogP contribution in [0.2, 0.25) is 0 Å². The molecule has 0 aliphatic carbocycles. The van der Waals surface area contributed by atoms with Gasteiger partial charge in [-0.3, -0.25) is 4.79 Å². The zero-order valence-corrected chi connectivity index (χ0v) is 17.1. The average Bonchev–Trinajstić information content (AvgIpc) is 3.05. The molecule has 2 heterocycles. The van der Waals surface area contributed by atoms with Gasteiger partial charge in [0.1, 0.15) is 16.3 Å². The number of benzene rings is 1. The Morgan fingerprint density at radius 1 is 1.36 bits per heavy atom. The fourth-order valence-electron chi connectivity index (χ4n) is 3.52. The second kappa shape index (κ2) is 8.32. The number of ether oxygens (including phenoxy) is 1. The number of nitrogens with one attached hydrogen (secondary N) is 1. The smallest absolute Gasteiger partial charge is 0.248 e. The fraction of sp³-hybridized carbons (Fsp3) is 0.474. The summed E-state index contributed by atoms with van der Waals surface area (Å²) in [5.41, 5.74) is 1.20. The number of carbonyl (C=O) groups excluding carboxylic acids is 1. The van der Waals surface area contributed by atoms with Crippen molar-refractivity contribution in [3.63, 3.8) is 0 Å². The van der Waals surface area contributed by atoms with Gasteiger partial charge in [0.05, 0.1) is 13.0 Å². The normalized spacial score (nSPS) is 18.0. The van der Waals surface area contributed by atoms with Crippen LogP contribution in [0.5, 0.6) is 5.75 Å². The molecule has 2 aromatic rings. The number of hydrogen-bond donors (Lipinski definition) is 1. The van der Waals surface area contributed by atoms with Crippen molar-refractivity contribution in [1.29, 1.82) is 0 Å². The third kappa shape index (κ3) is 4.05. The number of aromatic nitrogens is 1. The zero-order chi connectivity index (χ0) is 20.3. The Labute approximate surface area is 164 Å². The molecule has 1 amide bonds. The predicted octanol–water partition coefficient (Wildman–Crippen LogP) is 2.02. The van der Waals surface area contributed by atoms with Crippen LogP contribution in [-0.4, -0.2) is 44.0 Å². The minimum Gasteiger partial charge on any atom is -0.496 e. The summed E-state index contributed by atoms with van der Waals surface area (Å²) in [6.07, 6.45) is 1.26. The largest absolute Gasteiger partial charge is 0.496 e. The number of para-hydroxylation sites is 1. The average molecular weight is 407 g/mol. The van der Waals surface area contributed by atoms with E-state index < -0.39 is 15.9 Å². The Morgan fingerprint density at radius 3 is 2.79 bits per heavy atom. The Bertz CT molecular complexity index is 935. The van der Waals surface area contributed by atoms with Gasteiger partial charge in [0.15, 0.2) is 5.76 Å². The first-order valence-corrected chi connectivity index (χ1v) is 10.6. The SMILES string of the molecule is COc1ccccc1CNC(=O)C1CCCN(S(=O)(=O)c2c(C)noc2C)C1. The third-order valence-corrected chi connectivity index (χ3v) is 7.08. The summed E-state index contributed by atoms with van der Waals surface area (Å²) in [7, 11) is -2.16. The van der Waals surface area contributed by atoms with Gasteiger partial charge in [-0.15, -0.1) is 0 Å². The van der Waals surface area contributed by atoms with E-state index >= 15 is 0 Å². The summed E-state index contributed by atoms with van der Waals surface area (Å²) < 4.78 is 37.7. The molecule has 0 bridgehead atoms. The van der Waals surface area contributed by atoms with Crippen LogP contribution in [0.25, 0.3) is 0 Å². The van der Waals surface area contributed by atoms with Gasteiger partial charge in [-0.1, -0.05) is 23.4 Å². The molecule has 0 saturated carbocycles. The van der Waals surface area contributed by atoms with E-state index in [4.69, 9.17) is 9.26 Å². The van der Waals surface area contributed by atoms with Crippen molar-refractivity contribution < 1.29 is 22.5 Å². The molecular formula is C19H25N3O5S. The van der Waals surface area contributed by atoms with Gasteiger partial charge in [-0.2, -0.15) is 4.31 Å². The van der Waals surface area contributed by atoms with Crippen molar-refractivity contribution in [2.75, 3.05) is 20.2 Å². The van der Waals surface area contributed by atoms with Crippen LogP contribution in [-0.2, 0) is 21.4 Å². The number of sulfonamides is 1. The summed E-state index contributed by atoms with van der Waals surface area (Å²) >= 11 is 0. The summed E-state index contributed by atoms with van der Waals surface area (Å²) in [5, 5.41) is 6.64. The van der Waals surface area contributed by atoms with Crippen LogP contribution in [0.4, 0.5) is 0 Å². The van der Waals surface area contributed by atoms with E-state index in [0.29, 0.717) is 37.4 Å². The zero-order valence-electron chi connectivity index (χ0n) is 16.3. The number of methoxy groups -OCH3 is 1. The number of nitrogens with zero attached hydrogens (tertiary/aromatic N) is 2. The van der Waals surface area contributed by atoms with Gasteiger partial charge in [-0.05, 0) is 32.8 Å². The molecule has 1 aliphatic heterocycles. The molecule has 1 fully saturated rings. The Hall–Kier alpha value is -2.39. The maximum absolute atomic E-state index is 13.0. The molecule has 1 aromatic heterocycles. The molecule has 1 atom stereocenters. The highest BCUT2D eigenvalue weighted by Gasteiger charge is 2.36. The standard InChI is InChI=1S/C19H25N3O5S/c1-13-18(14(2)27-21-13)28(24,25)22-10-6-8-16(12-22)19(23)20-11-15-7-4-5-9-17(15)26-3/h4-5,7,9,16H,6,8,10-12H2,1-3H3,(H,20,23). The van der Waals surface area contributed by atoms with E-state index in [-0.39, 0.29) is 23.1 Å². The fourth-order valence-corrected chi connectivity index (χ4v) is 5.34. The number of amides is 1. The molecule has 1 unspecified atom stereocenters. The summed E-state index contributed by atoms with van der Waals surface area (Å²) in [5.74, 6) is 0.401. The highest BCUT2D eigenvalue weighted by molar-refractivity contribution is 7.89. The molecule has 0 radical (unpaired) electrons. The van der Waals surface area contributed by atoms with Crippen LogP contribution in [0, 0.1) is 19.8 Å². The Balaban J connectivity index is 1.68. The minimum absolute atomic E-state index is 0.0996. The highest BCUT2D eigenvalue weighted by Crippen LogP contribution is 2.28. The van der Waals surface area contributed by atoms with Crippen molar-refractivity contribution >= 4 is 15.9 Å². The maximum Gasteiger partial charge on any atom is 0.248 e. The molecule has 3 rings (SSSR count). The molecule has 8 nitrogen and oxygen atoms in total.